The van der Waals surface area contributed by atoms with Crippen LogP contribution in [0.2, 0.25) is 0 Å². The van der Waals surface area contributed by atoms with Crippen molar-refractivity contribution < 1.29 is 13.2 Å². The lowest BCUT2D eigenvalue weighted by atomic mass is 9.83. The Morgan fingerprint density at radius 2 is 2.07 bits per heavy atom. The Morgan fingerprint density at radius 3 is 2.79 bits per heavy atom. The topological polar surface area (TPSA) is 28.2 Å². The molecule has 0 amide bonds. The second kappa shape index (κ2) is 7.43. The Bertz CT molecular complexity index is 945. The van der Waals surface area contributed by atoms with Crippen LogP contribution in [0.1, 0.15) is 12.0 Å². The van der Waals surface area contributed by atoms with Gasteiger partial charge in [0.05, 0.1) is 5.52 Å². The molecular weight excluding hydrogens is 363 g/mol. The van der Waals surface area contributed by atoms with Crippen LogP contribution in [0.15, 0.2) is 72.6 Å². The first kappa shape index (κ1) is 18.7. The number of benzene rings is 1. The highest BCUT2D eigenvalue weighted by Crippen LogP contribution is 2.40. The van der Waals surface area contributed by atoms with E-state index in [-0.39, 0.29) is 0 Å². The lowest BCUT2D eigenvalue weighted by Gasteiger charge is -2.40. The summed E-state index contributed by atoms with van der Waals surface area (Å²) in [6, 6.07) is 10.2. The van der Waals surface area contributed by atoms with E-state index < -0.39 is 11.7 Å². The predicted molar refractivity (Wildman–Crippen MR) is 105 cm³/mol. The second-order valence-electron chi connectivity index (χ2n) is 7.23. The lowest BCUT2D eigenvalue weighted by molar-refractivity contribution is -0.169. The number of hydrogen-bond donors (Lipinski definition) is 1. The average molecular weight is 385 g/mol. The molecule has 1 N–H and O–H groups in total. The van der Waals surface area contributed by atoms with E-state index in [0.29, 0.717) is 25.1 Å². The third-order valence-corrected chi connectivity index (χ3v) is 5.50. The number of nitrogens with one attached hydrogen (secondary N) is 1. The molecular formula is C22H22F3N3. The fraction of sp³-hybridized carbons (Fsp3) is 0.318. The number of dihydropyridines is 1. The number of rotatable bonds is 4. The van der Waals surface area contributed by atoms with Gasteiger partial charge in [-0.15, -0.1) is 0 Å². The van der Waals surface area contributed by atoms with E-state index in [2.05, 4.69) is 33.4 Å². The van der Waals surface area contributed by atoms with Crippen LogP contribution in [0.4, 0.5) is 13.2 Å². The summed E-state index contributed by atoms with van der Waals surface area (Å²) in [6.07, 6.45) is 6.01. The van der Waals surface area contributed by atoms with Crippen LogP contribution in [0.25, 0.3) is 10.9 Å². The van der Waals surface area contributed by atoms with Crippen LogP contribution in [-0.4, -0.2) is 41.2 Å². The van der Waals surface area contributed by atoms with Gasteiger partial charge in [0.15, 0.2) is 5.54 Å². The summed E-state index contributed by atoms with van der Waals surface area (Å²) in [6.45, 7) is 1.96. The maximum atomic E-state index is 13.8. The van der Waals surface area contributed by atoms with Crippen molar-refractivity contribution in [1.29, 1.82) is 0 Å². The van der Waals surface area contributed by atoms with Gasteiger partial charge in [0.1, 0.15) is 0 Å². The molecule has 1 unspecified atom stereocenters. The Hall–Kier alpha value is -2.60. The highest BCUT2D eigenvalue weighted by Gasteiger charge is 2.55. The fourth-order valence-corrected chi connectivity index (χ4v) is 3.87. The first-order valence-electron chi connectivity index (χ1n) is 9.42. The van der Waals surface area contributed by atoms with Crippen LogP contribution in [0.3, 0.4) is 0 Å². The summed E-state index contributed by atoms with van der Waals surface area (Å²) >= 11 is 0. The lowest BCUT2D eigenvalue weighted by Crippen LogP contribution is -2.56. The van der Waals surface area contributed by atoms with Gasteiger partial charge in [-0.3, -0.25) is 9.88 Å². The molecule has 0 saturated heterocycles. The number of alkyl halides is 3. The highest BCUT2D eigenvalue weighted by molar-refractivity contribution is 5.78. The van der Waals surface area contributed by atoms with E-state index in [1.54, 1.807) is 18.3 Å². The minimum Gasteiger partial charge on any atom is -0.371 e. The highest BCUT2D eigenvalue weighted by atomic mass is 19.4. The number of halogens is 3. The van der Waals surface area contributed by atoms with Crippen LogP contribution < -0.4 is 5.32 Å². The Morgan fingerprint density at radius 1 is 1.18 bits per heavy atom. The molecule has 4 rings (SSSR count). The van der Waals surface area contributed by atoms with Crippen LogP contribution in [-0.2, 0) is 6.42 Å². The van der Waals surface area contributed by atoms with Crippen molar-refractivity contribution in [3.8, 4) is 0 Å². The Labute approximate surface area is 162 Å². The zero-order valence-corrected chi connectivity index (χ0v) is 15.4. The molecule has 2 aliphatic heterocycles. The molecule has 0 fully saturated rings. The van der Waals surface area contributed by atoms with E-state index >= 15 is 0 Å². The van der Waals surface area contributed by atoms with E-state index in [1.807, 2.05) is 12.1 Å². The zero-order chi connectivity index (χ0) is 19.6. The van der Waals surface area contributed by atoms with Crippen molar-refractivity contribution in [2.24, 2.45) is 0 Å². The van der Waals surface area contributed by atoms with Crippen LogP contribution in [0, 0.1) is 0 Å². The van der Waals surface area contributed by atoms with Gasteiger partial charge in [-0.25, -0.2) is 0 Å². The second-order valence-corrected chi connectivity index (χ2v) is 7.23. The first-order chi connectivity index (χ1) is 13.5. The average Bonchev–Trinajstić information content (AvgIpc) is 2.72. The molecule has 1 aromatic carbocycles. The van der Waals surface area contributed by atoms with Crippen molar-refractivity contribution >= 4 is 10.9 Å². The number of allylic oxidation sites excluding steroid dienone is 2. The van der Waals surface area contributed by atoms with Crippen molar-refractivity contribution in [3.63, 3.8) is 0 Å². The van der Waals surface area contributed by atoms with Gasteiger partial charge in [-0.1, -0.05) is 30.4 Å². The Kier molecular flexibility index (Phi) is 4.98. The number of hydrogen-bond acceptors (Lipinski definition) is 3. The van der Waals surface area contributed by atoms with E-state index in [9.17, 15) is 13.2 Å². The normalized spacial score (nSPS) is 22.9. The summed E-state index contributed by atoms with van der Waals surface area (Å²) < 4.78 is 41.3. The first-order valence-corrected chi connectivity index (χ1v) is 9.42. The van der Waals surface area contributed by atoms with E-state index in [4.69, 9.17) is 0 Å². The van der Waals surface area contributed by atoms with Crippen molar-refractivity contribution in [1.82, 2.24) is 15.2 Å². The van der Waals surface area contributed by atoms with Gasteiger partial charge in [0.2, 0.25) is 0 Å². The molecule has 1 atom stereocenters. The van der Waals surface area contributed by atoms with Crippen molar-refractivity contribution in [3.05, 3.63) is 78.2 Å². The SMILES string of the molecule is FC(F)(F)C1(C2=CCN(CCc3ccc4cccnc4c3)CC2)C=CC=CN1. The molecule has 0 saturated carbocycles. The molecule has 0 aliphatic carbocycles. The summed E-state index contributed by atoms with van der Waals surface area (Å²) in [5, 5.41) is 3.65. The molecule has 2 aromatic rings. The zero-order valence-electron chi connectivity index (χ0n) is 15.4. The molecule has 0 spiro atoms. The molecule has 2 aliphatic rings. The van der Waals surface area contributed by atoms with Gasteiger partial charge in [0, 0.05) is 31.2 Å². The number of pyridine rings is 1. The predicted octanol–water partition coefficient (Wildman–Crippen LogP) is 4.38. The Balaban J connectivity index is 1.42. The molecule has 1 aromatic heterocycles. The molecule has 3 heterocycles. The third-order valence-electron chi connectivity index (χ3n) is 5.50. The van der Waals surface area contributed by atoms with Crippen molar-refractivity contribution in [2.75, 3.05) is 19.6 Å². The monoisotopic (exact) mass is 385 g/mol. The molecule has 6 heteroatoms. The molecule has 3 nitrogen and oxygen atoms in total. The third kappa shape index (κ3) is 3.56. The molecule has 0 bridgehead atoms. The van der Waals surface area contributed by atoms with Gasteiger partial charge in [0.25, 0.3) is 0 Å². The van der Waals surface area contributed by atoms with Crippen LogP contribution in [0.5, 0.6) is 0 Å². The fourth-order valence-electron chi connectivity index (χ4n) is 3.87. The minimum atomic E-state index is -4.37. The summed E-state index contributed by atoms with van der Waals surface area (Å²) in [7, 11) is 0. The van der Waals surface area contributed by atoms with Crippen LogP contribution >= 0.6 is 0 Å². The maximum Gasteiger partial charge on any atom is 0.419 e. The molecule has 0 radical (unpaired) electrons. The summed E-state index contributed by atoms with van der Waals surface area (Å²) in [5.41, 5.74) is 0.482. The standard InChI is InChI=1S/C22H22F3N3/c23-22(24,25)21(10-1-2-12-27-21)19-8-14-28(15-9-19)13-7-17-5-6-18-4-3-11-26-20(18)16-17/h1-6,8,10-12,16,27H,7,9,13-15H2. The molecule has 146 valence electrons. The molecule has 28 heavy (non-hydrogen) atoms. The van der Waals surface area contributed by atoms with Gasteiger partial charge in [-0.05, 0) is 54.5 Å². The largest absolute Gasteiger partial charge is 0.419 e. The maximum absolute atomic E-state index is 13.8. The van der Waals surface area contributed by atoms with Gasteiger partial charge < -0.3 is 5.32 Å². The van der Waals surface area contributed by atoms with E-state index in [1.165, 1.54) is 23.9 Å². The summed E-state index contributed by atoms with van der Waals surface area (Å²) in [5.74, 6) is 0. The number of aromatic nitrogens is 1. The number of fused-ring (bicyclic) bond motifs is 1. The smallest absolute Gasteiger partial charge is 0.371 e. The van der Waals surface area contributed by atoms with E-state index in [0.717, 1.165) is 23.9 Å². The van der Waals surface area contributed by atoms with Gasteiger partial charge >= 0.3 is 6.18 Å². The van der Waals surface area contributed by atoms with Crippen molar-refractivity contribution in [2.45, 2.75) is 24.6 Å². The van der Waals surface area contributed by atoms with Gasteiger partial charge in [-0.2, -0.15) is 13.2 Å². The summed E-state index contributed by atoms with van der Waals surface area (Å²) in [4.78, 5) is 6.57. The number of nitrogens with zero attached hydrogens (tertiary/aromatic N) is 2. The quantitative estimate of drug-likeness (QED) is 0.792. The minimum absolute atomic E-state index is 0.393.